The van der Waals surface area contributed by atoms with E-state index in [1.165, 1.54) is 5.57 Å². The average molecular weight is 863 g/mol. The Morgan fingerprint density at radius 3 is 2.06 bits per heavy atom. The molecule has 4 saturated carbocycles. The molecular weight excluding hydrogens is 797 g/mol. The summed E-state index contributed by atoms with van der Waals surface area (Å²) >= 11 is 0. The van der Waals surface area contributed by atoms with E-state index in [0.29, 0.717) is 44.9 Å². The van der Waals surface area contributed by atoms with Gasteiger partial charge in [-0.05, 0) is 136 Å². The van der Waals surface area contributed by atoms with Gasteiger partial charge in [-0.2, -0.15) is 0 Å². The number of fused-ring (bicyclic) bond motifs is 7. The molecule has 3 aromatic rings. The van der Waals surface area contributed by atoms with Gasteiger partial charge in [-0.25, -0.2) is 4.79 Å². The number of esters is 3. The molecule has 63 heavy (non-hydrogen) atoms. The fraction of sp³-hybridized carbons (Fsp3) is 0.604. The van der Waals surface area contributed by atoms with Crippen molar-refractivity contribution in [2.45, 2.75) is 151 Å². The first kappa shape index (κ1) is 44.9. The maximum atomic E-state index is 15.3. The summed E-state index contributed by atoms with van der Waals surface area (Å²) < 4.78 is 28.9. The van der Waals surface area contributed by atoms with Crippen LogP contribution in [0.5, 0.6) is 0 Å². The molecule has 10 heteroatoms. The van der Waals surface area contributed by atoms with Crippen LogP contribution in [0, 0.1) is 57.2 Å². The van der Waals surface area contributed by atoms with Gasteiger partial charge in [0, 0.05) is 12.3 Å². The summed E-state index contributed by atoms with van der Waals surface area (Å²) in [6, 6.07) is 19.8. The quantitative estimate of drug-likeness (QED) is 0.135. The molecule has 2 aromatic carbocycles. The monoisotopic (exact) mass is 862 g/mol. The Hall–Kier alpha value is -4.73. The maximum Gasteiger partial charge on any atom is 0.519 e. The number of carbonyl (C=O) groups excluding carboxylic acids is 4. The molecule has 1 aromatic heterocycles. The molecule has 5 aliphatic rings. The molecule has 1 heterocycles. The van der Waals surface area contributed by atoms with Crippen molar-refractivity contribution in [3.63, 3.8) is 0 Å². The number of ketones is 1. The van der Waals surface area contributed by atoms with Gasteiger partial charge < -0.3 is 23.0 Å². The molecule has 0 spiro atoms. The van der Waals surface area contributed by atoms with Gasteiger partial charge in [0.1, 0.15) is 11.5 Å². The number of carbonyl (C=O) groups is 4. The van der Waals surface area contributed by atoms with E-state index in [1.54, 1.807) is 6.92 Å². The van der Waals surface area contributed by atoms with Crippen LogP contribution in [0.2, 0.25) is 0 Å². The lowest BCUT2D eigenvalue weighted by molar-refractivity contribution is -0.224. The number of benzene rings is 2. The summed E-state index contributed by atoms with van der Waals surface area (Å²) in [7, 11) is 0. The minimum atomic E-state index is -1.28. The highest BCUT2D eigenvalue weighted by atomic mass is 16.6. The fourth-order valence-corrected chi connectivity index (χ4v) is 13.7. The molecule has 0 bridgehead atoms. The zero-order chi connectivity index (χ0) is 45.2. The molecule has 10 nitrogen and oxygen atoms in total. The summed E-state index contributed by atoms with van der Waals surface area (Å²) in [5.41, 5.74) is -0.552. The van der Waals surface area contributed by atoms with Crippen LogP contribution < -0.4 is 5.82 Å². The Morgan fingerprint density at radius 2 is 1.44 bits per heavy atom. The summed E-state index contributed by atoms with van der Waals surface area (Å²) in [6.07, 6.45) is 8.80. The third-order valence-corrected chi connectivity index (χ3v) is 17.7. The highest BCUT2D eigenvalue weighted by Gasteiger charge is 2.72. The Kier molecular flexibility index (Phi) is 11.7. The van der Waals surface area contributed by atoms with E-state index < -0.39 is 51.6 Å². The normalized spacial score (nSPS) is 35.9. The zero-order valence-corrected chi connectivity index (χ0v) is 38.5. The summed E-state index contributed by atoms with van der Waals surface area (Å²) in [5.74, 6) is -2.30. The maximum absolute atomic E-state index is 15.3. The van der Waals surface area contributed by atoms with Crippen LogP contribution in [0.15, 0.2) is 85.9 Å². The van der Waals surface area contributed by atoms with Crippen LogP contribution in [-0.4, -0.2) is 29.8 Å². The molecule has 338 valence electrons. The highest BCUT2D eigenvalue weighted by Crippen LogP contribution is 2.75. The number of ether oxygens (including phenoxy) is 3. The van der Waals surface area contributed by atoms with E-state index in [0.717, 1.165) is 36.8 Å². The Labute approximate surface area is 371 Å². The van der Waals surface area contributed by atoms with Gasteiger partial charge in [-0.1, -0.05) is 107 Å². The third kappa shape index (κ3) is 7.35. The largest absolute Gasteiger partial charge is 0.519 e. The average Bonchev–Trinajstić information content (AvgIpc) is 3.59. The lowest BCUT2D eigenvalue weighted by Crippen LogP contribution is -2.68. The van der Waals surface area contributed by atoms with Crippen molar-refractivity contribution in [1.29, 1.82) is 0 Å². The number of aryl methyl sites for hydroxylation is 1. The van der Waals surface area contributed by atoms with Crippen LogP contribution in [0.3, 0.4) is 0 Å². The third-order valence-electron chi connectivity index (χ3n) is 17.7. The van der Waals surface area contributed by atoms with E-state index in [-0.39, 0.29) is 64.9 Å². The van der Waals surface area contributed by atoms with Crippen molar-refractivity contribution in [1.82, 2.24) is 0 Å². The van der Waals surface area contributed by atoms with E-state index in [1.807, 2.05) is 80.6 Å². The van der Waals surface area contributed by atoms with E-state index in [4.69, 9.17) is 23.0 Å². The first-order chi connectivity index (χ1) is 29.8. The van der Waals surface area contributed by atoms with Crippen LogP contribution in [0.4, 0.5) is 0 Å². The number of unbranched alkanes of at least 4 members (excludes halogenated alkanes) is 1. The van der Waals surface area contributed by atoms with Gasteiger partial charge in [0.05, 0.1) is 5.41 Å². The van der Waals surface area contributed by atoms with Crippen molar-refractivity contribution < 1.29 is 42.2 Å². The second-order valence-corrected chi connectivity index (χ2v) is 21.3. The van der Waals surface area contributed by atoms with Crippen LogP contribution in [0.25, 0.3) is 0 Å². The zero-order valence-electron chi connectivity index (χ0n) is 38.5. The van der Waals surface area contributed by atoms with E-state index in [9.17, 15) is 19.2 Å². The van der Waals surface area contributed by atoms with Crippen molar-refractivity contribution in [2.75, 3.05) is 0 Å². The number of allylic oxidation sites excluding steroid dienone is 2. The summed E-state index contributed by atoms with van der Waals surface area (Å²) in [4.78, 5) is 69.7. The molecule has 5 aliphatic carbocycles. The van der Waals surface area contributed by atoms with Crippen LogP contribution >= 0.6 is 0 Å². The predicted octanol–water partition coefficient (Wildman–Crippen LogP) is 11.0. The minimum Gasteiger partial charge on any atom is -0.461 e. The molecule has 0 unspecified atom stereocenters. The predicted molar refractivity (Wildman–Crippen MR) is 236 cm³/mol. The second kappa shape index (κ2) is 16.4. The molecule has 0 saturated heterocycles. The highest BCUT2D eigenvalue weighted by molar-refractivity contribution is 5.96. The molecule has 0 amide bonds. The first-order valence-electron chi connectivity index (χ1n) is 23.4. The van der Waals surface area contributed by atoms with Gasteiger partial charge in [0.15, 0.2) is 30.0 Å². The molecule has 0 aliphatic heterocycles. The van der Waals surface area contributed by atoms with E-state index >= 15 is 4.79 Å². The Morgan fingerprint density at radius 1 is 0.794 bits per heavy atom. The minimum absolute atomic E-state index is 0.00615. The van der Waals surface area contributed by atoms with Gasteiger partial charge in [0.25, 0.3) is 0 Å². The number of hydrogen-bond acceptors (Lipinski definition) is 10. The van der Waals surface area contributed by atoms with Crippen molar-refractivity contribution in [3.05, 3.63) is 106 Å². The molecule has 8 rings (SSSR count). The number of hydrogen-bond donors (Lipinski definition) is 0. The van der Waals surface area contributed by atoms with Crippen LogP contribution in [0.1, 0.15) is 154 Å². The van der Waals surface area contributed by atoms with E-state index in [2.05, 4.69) is 34.6 Å². The van der Waals surface area contributed by atoms with Gasteiger partial charge in [-0.15, -0.1) is 0 Å². The molecular formula is C53H66O10. The Balaban J connectivity index is 1.11. The summed E-state index contributed by atoms with van der Waals surface area (Å²) in [5, 5.41) is 0. The van der Waals surface area contributed by atoms with Crippen molar-refractivity contribution in [2.24, 2.45) is 50.2 Å². The molecule has 0 N–H and O–H groups in total. The summed E-state index contributed by atoms with van der Waals surface area (Å²) in [6.45, 7) is 16.4. The van der Waals surface area contributed by atoms with Crippen molar-refractivity contribution >= 4 is 23.7 Å². The van der Waals surface area contributed by atoms with Crippen LogP contribution in [-0.2, 0) is 40.0 Å². The fourth-order valence-electron chi connectivity index (χ4n) is 13.7. The van der Waals surface area contributed by atoms with Crippen molar-refractivity contribution in [3.8, 4) is 0 Å². The molecule has 10 atom stereocenters. The van der Waals surface area contributed by atoms with Gasteiger partial charge in [0.2, 0.25) is 0 Å². The second-order valence-electron chi connectivity index (χ2n) is 21.3. The smallest absolute Gasteiger partial charge is 0.461 e. The lowest BCUT2D eigenvalue weighted by Gasteiger charge is -2.70. The molecule has 0 radical (unpaired) electrons. The molecule has 4 fully saturated rings. The van der Waals surface area contributed by atoms with Gasteiger partial charge >= 0.3 is 23.7 Å². The van der Waals surface area contributed by atoms with Gasteiger partial charge in [-0.3, -0.25) is 19.2 Å². The topological polar surface area (TPSA) is 139 Å². The number of rotatable bonds is 11. The lowest BCUT2D eigenvalue weighted by atomic mass is 9.33. The SMILES string of the molecule is CCCCC(=O)O[C@H]1CC[C@@]2(C)[C@@H](CC[C@]3(C)[C@@H]2C(=O)C=C2[C@@H]4C[C@@](C)(C(=O)OC(c5ccccc5)c5ccccc5)CC[C@]4(C)CC[C@]23C)[C@]1(C)C(=O)OCc1oc(=O)oc1C. The standard InChI is InChI=1S/C53H66O10/c1-9-10-21-42(55)62-41-23-24-50(5)40(53(41,8)46(57)59-32-39-33(2)60-47(58)61-39)22-25-52(7)44(50)38(54)30-36-37-31-49(4,27-26-48(37,3)28-29-51(36,52)6)45(56)63-43(34-17-13-11-14-18-34)35-19-15-12-16-20-35/h11-20,30,37,40-41,43-44H,9-10,21-29,31-32H2,1-8H3/t37-,40+,41-,44+,48+,49-,50-,51+,52+,53-/m0/s1. The first-order valence-corrected chi connectivity index (χ1v) is 23.4. The Bertz CT molecular complexity index is 2290.